The molecule has 3 rings (SSSR count). The molecule has 0 aliphatic rings. The Hall–Kier alpha value is -3.00. The quantitative estimate of drug-likeness (QED) is 0.632. The van der Waals surface area contributed by atoms with Crippen molar-refractivity contribution in [3.05, 3.63) is 47.0 Å². The number of hydrogen-bond donors (Lipinski definition) is 1. The minimum Gasteiger partial charge on any atom is -0.493 e. The van der Waals surface area contributed by atoms with Gasteiger partial charge in [0.25, 0.3) is 5.91 Å². The Balaban J connectivity index is 1.49. The third-order valence-corrected chi connectivity index (χ3v) is 4.11. The van der Waals surface area contributed by atoms with Gasteiger partial charge < -0.3 is 19.6 Å². The number of fused-ring (bicyclic) bond motifs is 1. The van der Waals surface area contributed by atoms with E-state index in [1.165, 1.54) is 4.85 Å². The van der Waals surface area contributed by atoms with E-state index in [-0.39, 0.29) is 12.5 Å². The van der Waals surface area contributed by atoms with Crippen LogP contribution in [0.4, 0.5) is 0 Å². The number of ether oxygens (including phenoxy) is 2. The lowest BCUT2D eigenvalue weighted by Gasteiger charge is -2.10. The normalized spacial score (nSPS) is 10.6. The molecule has 9 heteroatoms. The number of aromatic nitrogens is 3. The van der Waals surface area contributed by atoms with Crippen molar-refractivity contribution in [1.82, 2.24) is 20.5 Å². The van der Waals surface area contributed by atoms with Crippen molar-refractivity contribution in [2.45, 2.75) is 6.42 Å². The van der Waals surface area contributed by atoms with E-state index in [1.807, 2.05) is 18.2 Å². The van der Waals surface area contributed by atoms with Gasteiger partial charge in [-0.3, -0.25) is 4.79 Å². The SMILES string of the molecule is COc1ccc(CCNC(=O)COn2nnc3ccc(Cl)cc32)cc1OC. The first-order chi connectivity index (χ1) is 13.1. The molecule has 0 radical (unpaired) electrons. The summed E-state index contributed by atoms with van der Waals surface area (Å²) in [6.45, 7) is 0.276. The minimum atomic E-state index is -0.263. The second-order valence-corrected chi connectivity index (χ2v) is 6.09. The largest absolute Gasteiger partial charge is 0.493 e. The molecule has 0 spiro atoms. The number of carbonyl (C=O) groups is 1. The molecule has 1 aromatic heterocycles. The molecule has 1 heterocycles. The topological polar surface area (TPSA) is 87.5 Å². The summed E-state index contributed by atoms with van der Waals surface area (Å²) >= 11 is 5.96. The summed E-state index contributed by atoms with van der Waals surface area (Å²) < 4.78 is 10.5. The van der Waals surface area contributed by atoms with Crippen LogP contribution in [0.2, 0.25) is 5.02 Å². The van der Waals surface area contributed by atoms with E-state index in [0.717, 1.165) is 5.56 Å². The van der Waals surface area contributed by atoms with Crippen molar-refractivity contribution in [2.75, 3.05) is 27.4 Å². The van der Waals surface area contributed by atoms with E-state index < -0.39 is 0 Å². The van der Waals surface area contributed by atoms with Crippen LogP contribution in [-0.2, 0) is 11.2 Å². The zero-order valence-corrected chi connectivity index (χ0v) is 15.7. The first kappa shape index (κ1) is 18.8. The number of rotatable bonds is 8. The molecule has 1 amide bonds. The van der Waals surface area contributed by atoms with Crippen molar-refractivity contribution in [3.8, 4) is 11.5 Å². The van der Waals surface area contributed by atoms with E-state index in [0.29, 0.717) is 40.5 Å². The van der Waals surface area contributed by atoms with Gasteiger partial charge in [0, 0.05) is 11.6 Å². The Kier molecular flexibility index (Phi) is 5.97. The maximum atomic E-state index is 12.0. The molecular formula is C18H19ClN4O4. The molecule has 27 heavy (non-hydrogen) atoms. The number of nitrogens with zero attached hydrogens (tertiary/aromatic N) is 3. The van der Waals surface area contributed by atoms with E-state index in [9.17, 15) is 4.79 Å². The molecule has 0 aliphatic heterocycles. The monoisotopic (exact) mass is 390 g/mol. The van der Waals surface area contributed by atoms with E-state index in [2.05, 4.69) is 15.6 Å². The number of methoxy groups -OCH3 is 2. The highest BCUT2D eigenvalue weighted by atomic mass is 35.5. The summed E-state index contributed by atoms with van der Waals surface area (Å²) in [6, 6.07) is 10.8. The third kappa shape index (κ3) is 4.59. The van der Waals surface area contributed by atoms with Crippen LogP contribution in [0.5, 0.6) is 11.5 Å². The fourth-order valence-electron chi connectivity index (χ4n) is 2.52. The molecule has 0 saturated carbocycles. The smallest absolute Gasteiger partial charge is 0.260 e. The molecule has 0 aliphatic carbocycles. The molecule has 0 saturated heterocycles. The summed E-state index contributed by atoms with van der Waals surface area (Å²) in [5.41, 5.74) is 2.25. The number of hydrogen-bond acceptors (Lipinski definition) is 6. The van der Waals surface area contributed by atoms with Crippen LogP contribution in [0, 0.1) is 0 Å². The van der Waals surface area contributed by atoms with Crippen LogP contribution in [0.3, 0.4) is 0 Å². The highest BCUT2D eigenvalue weighted by molar-refractivity contribution is 6.31. The lowest BCUT2D eigenvalue weighted by molar-refractivity contribution is -0.126. The van der Waals surface area contributed by atoms with Gasteiger partial charge in [0.05, 0.1) is 14.2 Å². The zero-order chi connectivity index (χ0) is 19.2. The van der Waals surface area contributed by atoms with Crippen LogP contribution in [-0.4, -0.2) is 48.4 Å². The second-order valence-electron chi connectivity index (χ2n) is 5.66. The van der Waals surface area contributed by atoms with Crippen LogP contribution in [0.15, 0.2) is 36.4 Å². The average molecular weight is 391 g/mol. The van der Waals surface area contributed by atoms with Gasteiger partial charge in [-0.25, -0.2) is 0 Å². The molecule has 8 nitrogen and oxygen atoms in total. The first-order valence-corrected chi connectivity index (χ1v) is 8.60. The predicted molar refractivity (Wildman–Crippen MR) is 100 cm³/mol. The van der Waals surface area contributed by atoms with Crippen molar-refractivity contribution in [1.29, 1.82) is 0 Å². The molecule has 0 fully saturated rings. The van der Waals surface area contributed by atoms with Crippen LogP contribution < -0.4 is 19.6 Å². The second kappa shape index (κ2) is 8.59. The summed E-state index contributed by atoms with van der Waals surface area (Å²) in [5, 5.41) is 11.1. The van der Waals surface area contributed by atoms with E-state index in [1.54, 1.807) is 32.4 Å². The zero-order valence-electron chi connectivity index (χ0n) is 14.9. The van der Waals surface area contributed by atoms with Crippen molar-refractivity contribution in [2.24, 2.45) is 0 Å². The Labute approximate surface area is 160 Å². The Morgan fingerprint density at radius 1 is 1.15 bits per heavy atom. The fraction of sp³-hybridized carbons (Fsp3) is 0.278. The maximum absolute atomic E-state index is 12.0. The van der Waals surface area contributed by atoms with Gasteiger partial charge in [-0.1, -0.05) is 22.5 Å². The fourth-order valence-corrected chi connectivity index (χ4v) is 2.69. The molecular weight excluding hydrogens is 372 g/mol. The number of carbonyl (C=O) groups excluding carboxylic acids is 1. The van der Waals surface area contributed by atoms with Crippen LogP contribution in [0.25, 0.3) is 11.0 Å². The molecule has 0 atom stereocenters. The molecule has 0 bridgehead atoms. The van der Waals surface area contributed by atoms with Gasteiger partial charge in [0.1, 0.15) is 11.0 Å². The Morgan fingerprint density at radius 3 is 2.74 bits per heavy atom. The van der Waals surface area contributed by atoms with Gasteiger partial charge >= 0.3 is 0 Å². The number of benzene rings is 2. The summed E-state index contributed by atoms with van der Waals surface area (Å²) in [7, 11) is 3.17. The van der Waals surface area contributed by atoms with Crippen molar-refractivity contribution >= 4 is 28.5 Å². The third-order valence-electron chi connectivity index (χ3n) is 3.88. The number of halogens is 1. The predicted octanol–water partition coefficient (Wildman–Crippen LogP) is 1.89. The molecule has 3 aromatic rings. The molecule has 0 unspecified atom stereocenters. The van der Waals surface area contributed by atoms with Gasteiger partial charge in [-0.2, -0.15) is 0 Å². The van der Waals surface area contributed by atoms with Crippen LogP contribution >= 0.6 is 11.6 Å². The van der Waals surface area contributed by atoms with Crippen molar-refractivity contribution in [3.63, 3.8) is 0 Å². The molecule has 142 valence electrons. The highest BCUT2D eigenvalue weighted by Crippen LogP contribution is 2.27. The summed E-state index contributed by atoms with van der Waals surface area (Å²) in [5.74, 6) is 1.06. The maximum Gasteiger partial charge on any atom is 0.260 e. The first-order valence-electron chi connectivity index (χ1n) is 8.22. The average Bonchev–Trinajstić information content (AvgIpc) is 3.08. The van der Waals surface area contributed by atoms with E-state index in [4.69, 9.17) is 25.9 Å². The van der Waals surface area contributed by atoms with Gasteiger partial charge in [-0.05, 0) is 47.5 Å². The standard InChI is InChI=1S/C18H19ClN4O4/c1-25-16-6-3-12(9-17(16)26-2)7-8-20-18(24)11-27-23-15-10-13(19)4-5-14(15)21-22-23/h3-6,9-10H,7-8,11H2,1-2H3,(H,20,24). The van der Waals surface area contributed by atoms with Gasteiger partial charge in [-0.15, -0.1) is 5.10 Å². The number of amides is 1. The molecule has 2 aromatic carbocycles. The molecule has 1 N–H and O–H groups in total. The summed E-state index contributed by atoms with van der Waals surface area (Å²) in [4.78, 5) is 18.6. The summed E-state index contributed by atoms with van der Waals surface area (Å²) in [6.07, 6.45) is 0.647. The lowest BCUT2D eigenvalue weighted by Crippen LogP contribution is -2.33. The van der Waals surface area contributed by atoms with Gasteiger partial charge in [0.15, 0.2) is 18.1 Å². The van der Waals surface area contributed by atoms with Gasteiger partial charge in [0.2, 0.25) is 0 Å². The lowest BCUT2D eigenvalue weighted by atomic mass is 10.1. The number of nitrogens with one attached hydrogen (secondary N) is 1. The minimum absolute atomic E-state index is 0.184. The Bertz CT molecular complexity index is 944. The van der Waals surface area contributed by atoms with E-state index >= 15 is 0 Å². The van der Waals surface area contributed by atoms with Crippen LogP contribution in [0.1, 0.15) is 5.56 Å². The highest BCUT2D eigenvalue weighted by Gasteiger charge is 2.09. The van der Waals surface area contributed by atoms with Crippen molar-refractivity contribution < 1.29 is 19.1 Å². The Morgan fingerprint density at radius 2 is 1.96 bits per heavy atom.